The molecule has 0 fully saturated rings. The van der Waals surface area contributed by atoms with Gasteiger partial charge in [0.05, 0.1) is 6.61 Å². The first kappa shape index (κ1) is 16.3. The van der Waals surface area contributed by atoms with Gasteiger partial charge in [0.1, 0.15) is 24.4 Å². The van der Waals surface area contributed by atoms with E-state index in [1.807, 2.05) is 0 Å². The van der Waals surface area contributed by atoms with Crippen molar-refractivity contribution in [3.63, 3.8) is 0 Å². The van der Waals surface area contributed by atoms with Crippen LogP contribution in [0.1, 0.15) is 17.3 Å². The van der Waals surface area contributed by atoms with E-state index in [9.17, 15) is 14.4 Å². The second-order valence-electron chi connectivity index (χ2n) is 4.25. The van der Waals surface area contributed by atoms with Crippen LogP contribution in [0.25, 0.3) is 0 Å². The number of nitrogens with zero attached hydrogens (tertiary/aromatic N) is 1. The highest BCUT2D eigenvalue weighted by molar-refractivity contribution is 6.04. The number of amides is 3. The van der Waals surface area contributed by atoms with Crippen molar-refractivity contribution in [2.24, 2.45) is 11.5 Å². The van der Waals surface area contributed by atoms with Crippen molar-refractivity contribution >= 4 is 23.4 Å². The summed E-state index contributed by atoms with van der Waals surface area (Å²) in [6.07, 6.45) is 0. The molecule has 0 saturated carbocycles. The van der Waals surface area contributed by atoms with Crippen LogP contribution in [0.3, 0.4) is 0 Å². The summed E-state index contributed by atoms with van der Waals surface area (Å²) in [5, 5.41) is 0. The van der Waals surface area contributed by atoms with Crippen molar-refractivity contribution < 1.29 is 19.1 Å². The fourth-order valence-electron chi connectivity index (χ4n) is 1.79. The fraction of sp³-hybridized carbons (Fsp3) is 0.308. The zero-order valence-electron chi connectivity index (χ0n) is 11.7. The molecule has 0 aliphatic rings. The Hall–Kier alpha value is -2.77. The van der Waals surface area contributed by atoms with Crippen LogP contribution in [0, 0.1) is 0 Å². The van der Waals surface area contributed by atoms with Gasteiger partial charge < -0.3 is 26.8 Å². The molecule has 0 spiro atoms. The molecular formula is C13H18N4O4. The SMILES string of the molecule is CCOc1cccc(N)c1C(=O)N(CC(N)=O)CC(N)=O. The highest BCUT2D eigenvalue weighted by Gasteiger charge is 2.24. The number of carbonyl (C=O) groups excluding carboxylic acids is 3. The zero-order valence-corrected chi connectivity index (χ0v) is 11.7. The molecule has 1 aromatic carbocycles. The van der Waals surface area contributed by atoms with E-state index >= 15 is 0 Å². The topological polar surface area (TPSA) is 142 Å². The molecule has 0 aliphatic heterocycles. The van der Waals surface area contributed by atoms with Crippen molar-refractivity contribution in [2.75, 3.05) is 25.4 Å². The van der Waals surface area contributed by atoms with E-state index in [4.69, 9.17) is 21.9 Å². The summed E-state index contributed by atoms with van der Waals surface area (Å²) in [7, 11) is 0. The zero-order chi connectivity index (χ0) is 16.0. The van der Waals surface area contributed by atoms with E-state index in [1.165, 1.54) is 6.07 Å². The van der Waals surface area contributed by atoms with Gasteiger partial charge in [0, 0.05) is 5.69 Å². The third-order valence-electron chi connectivity index (χ3n) is 2.55. The Bertz CT molecular complexity index is 543. The number of ether oxygens (including phenoxy) is 1. The standard InChI is InChI=1S/C13H18N4O4/c1-2-21-9-5-3-4-8(14)12(9)13(20)17(6-10(15)18)7-11(16)19/h3-5H,2,6-7,14H2,1H3,(H2,15,18)(H2,16,19). The van der Waals surface area contributed by atoms with Gasteiger partial charge in [0.2, 0.25) is 11.8 Å². The number of benzene rings is 1. The summed E-state index contributed by atoms with van der Waals surface area (Å²) in [5.41, 5.74) is 16.2. The molecule has 0 saturated heterocycles. The Labute approximate surface area is 121 Å². The molecule has 8 nitrogen and oxygen atoms in total. The molecule has 1 aromatic rings. The Morgan fingerprint density at radius 3 is 2.19 bits per heavy atom. The first-order valence-corrected chi connectivity index (χ1v) is 6.24. The number of nitrogens with two attached hydrogens (primary N) is 3. The van der Waals surface area contributed by atoms with E-state index in [2.05, 4.69) is 0 Å². The molecule has 3 amide bonds. The lowest BCUT2D eigenvalue weighted by atomic mass is 10.1. The van der Waals surface area contributed by atoms with Gasteiger partial charge in [0.15, 0.2) is 0 Å². The van der Waals surface area contributed by atoms with E-state index in [0.29, 0.717) is 6.61 Å². The van der Waals surface area contributed by atoms with Crippen LogP contribution < -0.4 is 21.9 Å². The summed E-state index contributed by atoms with van der Waals surface area (Å²) in [6.45, 7) is 1.20. The maximum atomic E-state index is 12.5. The highest BCUT2D eigenvalue weighted by Crippen LogP contribution is 2.26. The summed E-state index contributed by atoms with van der Waals surface area (Å²) in [6, 6.07) is 4.71. The Morgan fingerprint density at radius 2 is 1.71 bits per heavy atom. The minimum Gasteiger partial charge on any atom is -0.493 e. The van der Waals surface area contributed by atoms with Crippen LogP contribution in [0.2, 0.25) is 0 Å². The van der Waals surface area contributed by atoms with Gasteiger partial charge in [-0.25, -0.2) is 0 Å². The van der Waals surface area contributed by atoms with Crippen molar-refractivity contribution in [3.8, 4) is 5.75 Å². The molecule has 6 N–H and O–H groups in total. The average Bonchev–Trinajstić information content (AvgIpc) is 2.37. The van der Waals surface area contributed by atoms with Crippen LogP contribution in [0.5, 0.6) is 5.75 Å². The van der Waals surface area contributed by atoms with Gasteiger partial charge in [-0.2, -0.15) is 0 Å². The number of carbonyl (C=O) groups is 3. The van der Waals surface area contributed by atoms with Gasteiger partial charge in [0.25, 0.3) is 5.91 Å². The maximum Gasteiger partial charge on any atom is 0.260 e. The Kier molecular flexibility index (Phi) is 5.53. The van der Waals surface area contributed by atoms with E-state index < -0.39 is 30.8 Å². The third-order valence-corrected chi connectivity index (χ3v) is 2.55. The summed E-state index contributed by atoms with van der Waals surface area (Å²) < 4.78 is 5.34. The molecular weight excluding hydrogens is 276 g/mol. The second kappa shape index (κ2) is 7.13. The minimum atomic E-state index is -0.767. The van der Waals surface area contributed by atoms with Gasteiger partial charge in [-0.1, -0.05) is 6.07 Å². The van der Waals surface area contributed by atoms with Gasteiger partial charge in [-0.15, -0.1) is 0 Å². The second-order valence-corrected chi connectivity index (χ2v) is 4.25. The summed E-state index contributed by atoms with van der Waals surface area (Å²) in [4.78, 5) is 35.5. The van der Waals surface area contributed by atoms with Crippen LogP contribution in [0.4, 0.5) is 5.69 Å². The summed E-state index contributed by atoms with van der Waals surface area (Å²) >= 11 is 0. The molecule has 21 heavy (non-hydrogen) atoms. The molecule has 0 radical (unpaired) electrons. The molecule has 0 aromatic heterocycles. The molecule has 1 rings (SSSR count). The third kappa shape index (κ3) is 4.37. The van der Waals surface area contributed by atoms with Crippen LogP contribution in [0.15, 0.2) is 18.2 Å². The predicted molar refractivity (Wildman–Crippen MR) is 76.3 cm³/mol. The van der Waals surface area contributed by atoms with Gasteiger partial charge in [-0.05, 0) is 19.1 Å². The lowest BCUT2D eigenvalue weighted by molar-refractivity contribution is -0.121. The molecule has 0 atom stereocenters. The Morgan fingerprint density at radius 1 is 1.14 bits per heavy atom. The molecule has 114 valence electrons. The van der Waals surface area contributed by atoms with Crippen LogP contribution >= 0.6 is 0 Å². The van der Waals surface area contributed by atoms with E-state index in [-0.39, 0.29) is 17.0 Å². The number of hydrogen-bond acceptors (Lipinski definition) is 5. The minimum absolute atomic E-state index is 0.0712. The molecule has 0 bridgehead atoms. The number of nitrogen functional groups attached to an aromatic ring is 1. The van der Waals surface area contributed by atoms with E-state index in [1.54, 1.807) is 19.1 Å². The molecule has 0 aliphatic carbocycles. The Balaban J connectivity index is 3.18. The van der Waals surface area contributed by atoms with Crippen molar-refractivity contribution in [1.82, 2.24) is 4.90 Å². The maximum absolute atomic E-state index is 12.5. The average molecular weight is 294 g/mol. The molecule has 0 unspecified atom stereocenters. The lowest BCUT2D eigenvalue weighted by Gasteiger charge is -2.21. The van der Waals surface area contributed by atoms with Crippen molar-refractivity contribution in [2.45, 2.75) is 6.92 Å². The van der Waals surface area contributed by atoms with Crippen molar-refractivity contribution in [3.05, 3.63) is 23.8 Å². The monoisotopic (exact) mass is 294 g/mol. The van der Waals surface area contributed by atoms with Gasteiger partial charge >= 0.3 is 0 Å². The van der Waals surface area contributed by atoms with Crippen LogP contribution in [-0.4, -0.2) is 42.3 Å². The normalized spacial score (nSPS) is 9.95. The number of primary amides is 2. The largest absolute Gasteiger partial charge is 0.493 e. The van der Waals surface area contributed by atoms with Crippen molar-refractivity contribution in [1.29, 1.82) is 0 Å². The highest BCUT2D eigenvalue weighted by atomic mass is 16.5. The number of rotatable bonds is 7. The smallest absolute Gasteiger partial charge is 0.260 e. The van der Waals surface area contributed by atoms with Crippen LogP contribution in [-0.2, 0) is 9.59 Å². The summed E-state index contributed by atoms with van der Waals surface area (Å²) in [5.74, 6) is -1.91. The lowest BCUT2D eigenvalue weighted by Crippen LogP contribution is -2.43. The predicted octanol–water partition coefficient (Wildman–Crippen LogP) is -0.920. The number of anilines is 1. The first-order valence-electron chi connectivity index (χ1n) is 6.24. The first-order chi connectivity index (χ1) is 9.86. The fourth-order valence-corrected chi connectivity index (χ4v) is 1.79. The quantitative estimate of drug-likeness (QED) is 0.557. The number of hydrogen-bond donors (Lipinski definition) is 3. The molecule has 8 heteroatoms. The van der Waals surface area contributed by atoms with E-state index in [0.717, 1.165) is 4.90 Å². The van der Waals surface area contributed by atoms with Gasteiger partial charge in [-0.3, -0.25) is 14.4 Å². The molecule has 0 heterocycles.